The number of fused-ring (bicyclic) bond motifs is 3. The van der Waals surface area contributed by atoms with Crippen LogP contribution in [0.2, 0.25) is 0 Å². The van der Waals surface area contributed by atoms with E-state index in [0.29, 0.717) is 0 Å². The molecular weight excluding hydrogens is 434 g/mol. The van der Waals surface area contributed by atoms with Crippen molar-refractivity contribution in [2.24, 2.45) is 0 Å². The Kier molecular flexibility index (Phi) is 7.63. The molecule has 7 nitrogen and oxygen atoms in total. The second-order valence-electron chi connectivity index (χ2n) is 7.81. The van der Waals surface area contributed by atoms with Crippen LogP contribution in [0, 0.1) is 0 Å². The summed E-state index contributed by atoms with van der Waals surface area (Å²) in [4.78, 5) is 36.8. The number of carbonyl (C=O) groups excluding carboxylic acids is 2. The summed E-state index contributed by atoms with van der Waals surface area (Å²) in [6.07, 6.45) is -4.84. The largest absolute Gasteiger partial charge is 0.480 e. The van der Waals surface area contributed by atoms with Crippen LogP contribution in [-0.2, 0) is 14.3 Å². The second kappa shape index (κ2) is 10.4. The van der Waals surface area contributed by atoms with E-state index < -0.39 is 42.9 Å². The molecule has 0 fully saturated rings. The van der Waals surface area contributed by atoms with Crippen molar-refractivity contribution in [3.05, 3.63) is 59.7 Å². The van der Waals surface area contributed by atoms with Gasteiger partial charge in [0.05, 0.1) is 6.42 Å². The number of rotatable bonds is 9. The Balaban J connectivity index is 1.64. The Hall–Kier alpha value is -3.49. The Morgan fingerprint density at radius 3 is 2.09 bits per heavy atom. The van der Waals surface area contributed by atoms with Crippen molar-refractivity contribution in [2.45, 2.75) is 44.7 Å². The maximum Gasteiger partial charge on any atom is 0.407 e. The van der Waals surface area contributed by atoms with Gasteiger partial charge in [0.2, 0.25) is 5.91 Å². The monoisotopic (exact) mass is 460 g/mol. The lowest BCUT2D eigenvalue weighted by Crippen LogP contribution is -2.48. The molecule has 2 atom stereocenters. The number of nitrogens with one attached hydrogen (secondary N) is 1. The van der Waals surface area contributed by atoms with Gasteiger partial charge < -0.3 is 20.1 Å². The first-order chi connectivity index (χ1) is 15.7. The molecule has 176 valence electrons. The number of amides is 2. The molecule has 2 aromatic rings. The summed E-state index contributed by atoms with van der Waals surface area (Å²) >= 11 is 0. The van der Waals surface area contributed by atoms with Gasteiger partial charge in [0, 0.05) is 12.5 Å². The molecule has 2 aromatic carbocycles. The Labute approximate surface area is 190 Å². The van der Waals surface area contributed by atoms with Gasteiger partial charge in [-0.15, -0.1) is 0 Å². The molecule has 33 heavy (non-hydrogen) atoms. The van der Waals surface area contributed by atoms with Gasteiger partial charge in [0.1, 0.15) is 18.7 Å². The standard InChI is InChI=1S/C24H26F2N2O5/c1-3-28(14(2)23(30)31)21(29)12-20(22(25)26)27-24(32)33-13-19-17-10-6-4-8-15(17)16-9-5-7-11-18(16)19/h4-11,14,19-20,22H,3,12-13H2,1-2H3,(H,27,32)(H,30,31). The molecule has 0 saturated heterocycles. The quantitative estimate of drug-likeness (QED) is 0.592. The summed E-state index contributed by atoms with van der Waals surface area (Å²) in [6.45, 7) is 2.82. The molecule has 1 aliphatic carbocycles. The van der Waals surface area contributed by atoms with Crippen LogP contribution in [0.4, 0.5) is 13.6 Å². The molecule has 2 unspecified atom stereocenters. The predicted octanol–water partition coefficient (Wildman–Crippen LogP) is 3.87. The summed E-state index contributed by atoms with van der Waals surface area (Å²) in [5.41, 5.74) is 4.03. The first kappa shape index (κ1) is 24.2. The molecule has 3 rings (SSSR count). The topological polar surface area (TPSA) is 95.9 Å². The smallest absolute Gasteiger partial charge is 0.407 e. The van der Waals surface area contributed by atoms with Crippen molar-refractivity contribution in [1.82, 2.24) is 10.2 Å². The number of carboxylic acids is 1. The summed E-state index contributed by atoms with van der Waals surface area (Å²) < 4.78 is 32.3. The van der Waals surface area contributed by atoms with Gasteiger partial charge in [-0.2, -0.15) is 0 Å². The molecule has 2 amide bonds. The zero-order valence-corrected chi connectivity index (χ0v) is 18.3. The number of halogens is 2. The normalized spacial score (nSPS) is 14.2. The van der Waals surface area contributed by atoms with Gasteiger partial charge in [-0.25, -0.2) is 18.4 Å². The summed E-state index contributed by atoms with van der Waals surface area (Å²) in [6, 6.07) is 12.5. The highest BCUT2D eigenvalue weighted by Crippen LogP contribution is 2.44. The summed E-state index contributed by atoms with van der Waals surface area (Å²) in [5.74, 6) is -2.28. The predicted molar refractivity (Wildman–Crippen MR) is 117 cm³/mol. The van der Waals surface area contributed by atoms with Crippen molar-refractivity contribution in [1.29, 1.82) is 0 Å². The van der Waals surface area contributed by atoms with E-state index in [9.17, 15) is 23.2 Å². The van der Waals surface area contributed by atoms with Gasteiger partial charge >= 0.3 is 12.1 Å². The highest BCUT2D eigenvalue weighted by molar-refractivity contribution is 5.84. The molecule has 0 saturated carbocycles. The Bertz CT molecular complexity index is 984. The minimum absolute atomic E-state index is 0.0349. The summed E-state index contributed by atoms with van der Waals surface area (Å²) in [7, 11) is 0. The molecule has 9 heteroatoms. The fourth-order valence-corrected chi connectivity index (χ4v) is 4.10. The van der Waals surface area contributed by atoms with E-state index >= 15 is 0 Å². The van der Waals surface area contributed by atoms with Crippen LogP contribution in [0.15, 0.2) is 48.5 Å². The lowest BCUT2D eigenvalue weighted by atomic mass is 9.98. The third-order valence-electron chi connectivity index (χ3n) is 5.83. The number of hydrogen-bond acceptors (Lipinski definition) is 4. The number of likely N-dealkylation sites (N-methyl/N-ethyl adjacent to an activating group) is 1. The summed E-state index contributed by atoms with van der Waals surface area (Å²) in [5, 5.41) is 11.2. The first-order valence-electron chi connectivity index (χ1n) is 10.7. The van der Waals surface area contributed by atoms with Crippen LogP contribution >= 0.6 is 0 Å². The molecule has 0 spiro atoms. The minimum Gasteiger partial charge on any atom is -0.480 e. The van der Waals surface area contributed by atoms with E-state index in [4.69, 9.17) is 9.84 Å². The first-order valence-corrected chi connectivity index (χ1v) is 10.7. The van der Waals surface area contributed by atoms with Gasteiger partial charge in [0.25, 0.3) is 6.43 Å². The van der Waals surface area contributed by atoms with Crippen LogP contribution < -0.4 is 5.32 Å². The average molecular weight is 460 g/mol. The van der Waals surface area contributed by atoms with Crippen molar-refractivity contribution < 1.29 is 33.0 Å². The molecule has 0 radical (unpaired) electrons. The fraction of sp³-hybridized carbons (Fsp3) is 0.375. The van der Waals surface area contributed by atoms with Crippen molar-refractivity contribution in [2.75, 3.05) is 13.2 Å². The number of hydrogen-bond donors (Lipinski definition) is 2. The van der Waals surface area contributed by atoms with Gasteiger partial charge in [-0.1, -0.05) is 48.5 Å². The minimum atomic E-state index is -3.03. The number of alkyl carbamates (subject to hydrolysis) is 1. The van der Waals surface area contributed by atoms with E-state index in [1.54, 1.807) is 6.92 Å². The molecule has 0 aromatic heterocycles. The second-order valence-corrected chi connectivity index (χ2v) is 7.81. The highest BCUT2D eigenvalue weighted by atomic mass is 19.3. The van der Waals surface area contributed by atoms with Gasteiger partial charge in [-0.3, -0.25) is 4.79 Å². The molecule has 0 bridgehead atoms. The lowest BCUT2D eigenvalue weighted by molar-refractivity contribution is -0.149. The molecule has 1 aliphatic rings. The molecular formula is C24H26F2N2O5. The third kappa shape index (κ3) is 5.30. The van der Waals surface area contributed by atoms with Crippen LogP contribution in [0.3, 0.4) is 0 Å². The van der Waals surface area contributed by atoms with Crippen LogP contribution in [0.25, 0.3) is 11.1 Å². The number of aliphatic carboxylic acids is 1. The zero-order valence-electron chi connectivity index (χ0n) is 18.3. The fourth-order valence-electron chi connectivity index (χ4n) is 4.10. The van der Waals surface area contributed by atoms with Crippen LogP contribution in [0.5, 0.6) is 0 Å². The maximum atomic E-state index is 13.5. The molecule has 0 aliphatic heterocycles. The number of benzene rings is 2. The average Bonchev–Trinajstić information content (AvgIpc) is 3.11. The van der Waals surface area contributed by atoms with Crippen molar-refractivity contribution in [3.8, 4) is 11.1 Å². The lowest BCUT2D eigenvalue weighted by Gasteiger charge is -2.27. The van der Waals surface area contributed by atoms with E-state index in [1.165, 1.54) is 6.92 Å². The third-order valence-corrected chi connectivity index (χ3v) is 5.83. The number of alkyl halides is 2. The highest BCUT2D eigenvalue weighted by Gasteiger charge is 2.32. The number of ether oxygens (including phenoxy) is 1. The Morgan fingerprint density at radius 1 is 1.06 bits per heavy atom. The number of carbonyl (C=O) groups is 3. The zero-order chi connectivity index (χ0) is 24.1. The van der Waals surface area contributed by atoms with Gasteiger partial charge in [0.15, 0.2) is 0 Å². The number of nitrogens with zero attached hydrogens (tertiary/aromatic N) is 1. The Morgan fingerprint density at radius 2 is 1.61 bits per heavy atom. The maximum absolute atomic E-state index is 13.5. The van der Waals surface area contributed by atoms with Crippen molar-refractivity contribution >= 4 is 18.0 Å². The van der Waals surface area contributed by atoms with Crippen LogP contribution in [0.1, 0.15) is 37.3 Å². The van der Waals surface area contributed by atoms with Gasteiger partial charge in [-0.05, 0) is 36.1 Å². The van der Waals surface area contributed by atoms with E-state index in [-0.39, 0.29) is 19.1 Å². The number of carboxylic acid groups (broad SMARTS) is 1. The van der Waals surface area contributed by atoms with Crippen molar-refractivity contribution in [3.63, 3.8) is 0 Å². The van der Waals surface area contributed by atoms with E-state index in [1.807, 2.05) is 48.5 Å². The van der Waals surface area contributed by atoms with E-state index in [0.717, 1.165) is 27.2 Å². The SMILES string of the molecule is CCN(C(=O)CC(NC(=O)OCC1c2ccccc2-c2ccccc21)C(F)F)C(C)C(=O)O. The van der Waals surface area contributed by atoms with Crippen LogP contribution in [-0.4, -0.2) is 59.6 Å². The van der Waals surface area contributed by atoms with E-state index in [2.05, 4.69) is 5.32 Å². The molecule has 0 heterocycles. The molecule has 2 N–H and O–H groups in total.